The summed E-state index contributed by atoms with van der Waals surface area (Å²) in [5, 5.41) is 11.4. The Bertz CT molecular complexity index is 489. The Labute approximate surface area is 114 Å². The van der Waals surface area contributed by atoms with Crippen molar-refractivity contribution in [2.24, 2.45) is 5.92 Å². The lowest BCUT2D eigenvalue weighted by atomic mass is 9.67. The molecule has 2 bridgehead atoms. The third kappa shape index (κ3) is 1.75. The molecule has 4 atom stereocenters. The van der Waals surface area contributed by atoms with Crippen molar-refractivity contribution in [1.29, 1.82) is 0 Å². The molecule has 1 N–H and O–H groups in total. The average Bonchev–Trinajstić information content (AvgIpc) is 2.88. The first kappa shape index (κ1) is 11.9. The molecule has 3 heteroatoms. The highest BCUT2D eigenvalue weighted by Crippen LogP contribution is 2.48. The third-order valence-corrected chi connectivity index (χ3v) is 5.61. The van der Waals surface area contributed by atoms with E-state index in [1.165, 1.54) is 24.2 Å². The second kappa shape index (κ2) is 4.29. The number of aromatic nitrogens is 1. The lowest BCUT2D eigenvalue weighted by Gasteiger charge is -2.45. The van der Waals surface area contributed by atoms with Gasteiger partial charge in [-0.3, -0.25) is 4.98 Å². The first-order valence-electron chi connectivity index (χ1n) is 7.66. The van der Waals surface area contributed by atoms with E-state index in [9.17, 15) is 5.11 Å². The van der Waals surface area contributed by atoms with Gasteiger partial charge in [0.2, 0.25) is 0 Å². The highest BCUT2D eigenvalue weighted by Gasteiger charge is 2.51. The van der Waals surface area contributed by atoms with Crippen molar-refractivity contribution in [3.05, 3.63) is 29.6 Å². The highest BCUT2D eigenvalue weighted by atomic mass is 16.3. The quantitative estimate of drug-likeness (QED) is 0.836. The molecule has 1 aliphatic carbocycles. The maximum absolute atomic E-state index is 11.4. The van der Waals surface area contributed by atoms with Crippen LogP contribution in [0.5, 0.6) is 0 Å². The number of hydrogen-bond acceptors (Lipinski definition) is 3. The average molecular weight is 258 g/mol. The molecule has 2 fully saturated rings. The van der Waals surface area contributed by atoms with Crippen molar-refractivity contribution in [2.45, 2.75) is 43.6 Å². The minimum atomic E-state index is -0.503. The maximum Gasteiger partial charge on any atom is 0.0784 e. The number of pyridine rings is 1. The molecule has 0 spiro atoms. The largest absolute Gasteiger partial charge is 0.389 e. The molecule has 3 nitrogen and oxygen atoms in total. The monoisotopic (exact) mass is 258 g/mol. The van der Waals surface area contributed by atoms with E-state index < -0.39 is 5.60 Å². The second-order valence-corrected chi connectivity index (χ2v) is 6.52. The smallest absolute Gasteiger partial charge is 0.0784 e. The summed E-state index contributed by atoms with van der Waals surface area (Å²) in [7, 11) is 0. The van der Waals surface area contributed by atoms with Crippen molar-refractivity contribution < 1.29 is 5.11 Å². The first-order chi connectivity index (χ1) is 9.27. The van der Waals surface area contributed by atoms with Crippen LogP contribution in [0.1, 0.15) is 42.9 Å². The number of fused-ring (bicyclic) bond motifs is 3. The van der Waals surface area contributed by atoms with Gasteiger partial charge in [-0.05, 0) is 50.3 Å². The predicted octanol–water partition coefficient (Wildman–Crippen LogP) is 1.96. The van der Waals surface area contributed by atoms with Gasteiger partial charge in [0.05, 0.1) is 5.60 Å². The van der Waals surface area contributed by atoms with Crippen LogP contribution in [-0.4, -0.2) is 40.2 Å². The normalized spacial score (nSPS) is 41.0. The maximum atomic E-state index is 11.4. The molecule has 1 aromatic heterocycles. The van der Waals surface area contributed by atoms with E-state index in [0.717, 1.165) is 38.8 Å². The van der Waals surface area contributed by atoms with Crippen LogP contribution in [-0.2, 0) is 6.42 Å². The molecule has 0 saturated carbocycles. The molecule has 4 unspecified atom stereocenters. The van der Waals surface area contributed by atoms with Gasteiger partial charge in [-0.25, -0.2) is 0 Å². The summed E-state index contributed by atoms with van der Waals surface area (Å²) >= 11 is 0. The lowest BCUT2D eigenvalue weighted by Crippen LogP contribution is -2.51. The van der Waals surface area contributed by atoms with E-state index in [4.69, 9.17) is 0 Å². The van der Waals surface area contributed by atoms with Crippen molar-refractivity contribution in [1.82, 2.24) is 9.88 Å². The van der Waals surface area contributed by atoms with E-state index >= 15 is 0 Å². The summed E-state index contributed by atoms with van der Waals surface area (Å²) < 4.78 is 0. The van der Waals surface area contributed by atoms with Crippen LogP contribution in [0, 0.1) is 5.92 Å². The number of hydrogen-bond donors (Lipinski definition) is 1. The molecule has 3 aliphatic rings. The zero-order valence-electron chi connectivity index (χ0n) is 11.4. The second-order valence-electron chi connectivity index (χ2n) is 6.52. The van der Waals surface area contributed by atoms with Crippen LogP contribution in [0.25, 0.3) is 0 Å². The van der Waals surface area contributed by atoms with Gasteiger partial charge in [0, 0.05) is 36.8 Å². The Morgan fingerprint density at radius 1 is 1.32 bits per heavy atom. The molecule has 1 aromatic rings. The zero-order chi connectivity index (χ0) is 12.9. The third-order valence-electron chi connectivity index (χ3n) is 5.61. The topological polar surface area (TPSA) is 36.4 Å². The Kier molecular flexibility index (Phi) is 2.68. The predicted molar refractivity (Wildman–Crippen MR) is 74.0 cm³/mol. The van der Waals surface area contributed by atoms with E-state index in [0.29, 0.717) is 5.92 Å². The van der Waals surface area contributed by atoms with Crippen LogP contribution < -0.4 is 0 Å². The van der Waals surface area contributed by atoms with Gasteiger partial charge in [-0.15, -0.1) is 0 Å². The summed E-state index contributed by atoms with van der Waals surface area (Å²) in [6.45, 7) is 3.33. The standard InChI is InChI=1S/C16H22N2O/c19-16(7-10-18-9-6-13(16)11-18)14-5-1-3-12-4-2-8-17-15(12)14/h2,4,8,13-14,19H,1,3,5-7,9-11H2. The number of aryl methyl sites for hydroxylation is 1. The van der Waals surface area contributed by atoms with Crippen molar-refractivity contribution in [3.63, 3.8) is 0 Å². The molecule has 4 rings (SSSR count). The summed E-state index contributed by atoms with van der Waals surface area (Å²) in [5.74, 6) is 0.724. The molecule has 2 saturated heterocycles. The Hall–Kier alpha value is -0.930. The SMILES string of the molecule is OC1(C2CCCc3cccnc32)CCN2CCC1C2. The molecule has 0 amide bonds. The molecule has 0 aromatic carbocycles. The van der Waals surface area contributed by atoms with Crippen LogP contribution in [0.2, 0.25) is 0 Å². The summed E-state index contributed by atoms with van der Waals surface area (Å²) in [4.78, 5) is 7.13. The fourth-order valence-corrected chi connectivity index (χ4v) is 4.54. The number of piperidine rings is 1. The minimum Gasteiger partial charge on any atom is -0.389 e. The van der Waals surface area contributed by atoms with Crippen LogP contribution in [0.15, 0.2) is 18.3 Å². The van der Waals surface area contributed by atoms with Crippen LogP contribution in [0.4, 0.5) is 0 Å². The van der Waals surface area contributed by atoms with E-state index in [2.05, 4.69) is 16.0 Å². The van der Waals surface area contributed by atoms with Crippen molar-refractivity contribution in [2.75, 3.05) is 19.6 Å². The van der Waals surface area contributed by atoms with Crippen LogP contribution in [0.3, 0.4) is 0 Å². The van der Waals surface area contributed by atoms with Gasteiger partial charge in [0.25, 0.3) is 0 Å². The first-order valence-corrected chi connectivity index (χ1v) is 7.66. The molecular formula is C16H22N2O. The van der Waals surface area contributed by atoms with Crippen molar-refractivity contribution in [3.8, 4) is 0 Å². The lowest BCUT2D eigenvalue weighted by molar-refractivity contribution is -0.0713. The molecule has 2 aliphatic heterocycles. The molecule has 0 radical (unpaired) electrons. The Morgan fingerprint density at radius 2 is 2.26 bits per heavy atom. The van der Waals surface area contributed by atoms with Crippen molar-refractivity contribution >= 4 is 0 Å². The van der Waals surface area contributed by atoms with Gasteiger partial charge in [-0.2, -0.15) is 0 Å². The molecular weight excluding hydrogens is 236 g/mol. The Morgan fingerprint density at radius 3 is 3.21 bits per heavy atom. The van der Waals surface area contributed by atoms with Gasteiger partial charge in [-0.1, -0.05) is 6.07 Å². The van der Waals surface area contributed by atoms with Crippen LogP contribution >= 0.6 is 0 Å². The molecule has 102 valence electrons. The van der Waals surface area contributed by atoms with Gasteiger partial charge in [0.1, 0.15) is 0 Å². The Balaban J connectivity index is 1.72. The van der Waals surface area contributed by atoms with E-state index in [-0.39, 0.29) is 5.92 Å². The fraction of sp³-hybridized carbons (Fsp3) is 0.688. The minimum absolute atomic E-state index is 0.266. The fourth-order valence-electron chi connectivity index (χ4n) is 4.54. The molecule has 3 heterocycles. The highest BCUT2D eigenvalue weighted by molar-refractivity contribution is 5.29. The summed E-state index contributed by atoms with van der Waals surface area (Å²) in [6, 6.07) is 4.23. The van der Waals surface area contributed by atoms with E-state index in [1.54, 1.807) is 0 Å². The number of rotatable bonds is 1. The zero-order valence-corrected chi connectivity index (χ0v) is 11.4. The summed E-state index contributed by atoms with van der Waals surface area (Å²) in [6.07, 6.45) is 7.42. The summed E-state index contributed by atoms with van der Waals surface area (Å²) in [5.41, 5.74) is 2.06. The van der Waals surface area contributed by atoms with Gasteiger partial charge < -0.3 is 10.0 Å². The number of aliphatic hydroxyl groups is 1. The van der Waals surface area contributed by atoms with Gasteiger partial charge in [0.15, 0.2) is 0 Å². The van der Waals surface area contributed by atoms with Gasteiger partial charge >= 0.3 is 0 Å². The number of nitrogens with zero attached hydrogens (tertiary/aromatic N) is 2. The molecule has 19 heavy (non-hydrogen) atoms. The van der Waals surface area contributed by atoms with E-state index in [1.807, 2.05) is 12.3 Å².